The Morgan fingerprint density at radius 3 is 2.43 bits per heavy atom. The number of fused-ring (bicyclic) bond motifs is 2. The fourth-order valence-electron chi connectivity index (χ4n) is 4.31. The van der Waals surface area contributed by atoms with Crippen molar-refractivity contribution in [3.8, 4) is 11.5 Å². The first-order chi connectivity index (χ1) is 17.0. The number of aryl methyl sites for hydroxylation is 1. The van der Waals surface area contributed by atoms with Crippen molar-refractivity contribution in [1.29, 1.82) is 0 Å². The van der Waals surface area contributed by atoms with Gasteiger partial charge in [-0.3, -0.25) is 4.79 Å². The summed E-state index contributed by atoms with van der Waals surface area (Å²) in [5, 5.41) is 4.95. The molecule has 0 saturated carbocycles. The van der Waals surface area contributed by atoms with Gasteiger partial charge in [0.1, 0.15) is 13.2 Å². The fraction of sp³-hybridized carbons (Fsp3) is 0.407. The van der Waals surface area contributed by atoms with Crippen LogP contribution in [0.25, 0.3) is 10.9 Å². The molecule has 0 radical (unpaired) electrons. The number of anilines is 1. The maximum Gasteiger partial charge on any atom is 0.253 e. The third-order valence-electron chi connectivity index (χ3n) is 6.45. The van der Waals surface area contributed by atoms with Gasteiger partial charge in [0.2, 0.25) is 0 Å². The molecule has 1 aliphatic heterocycles. The molecule has 0 spiro atoms. The van der Waals surface area contributed by atoms with Crippen LogP contribution in [0.4, 0.5) is 5.69 Å². The van der Waals surface area contributed by atoms with Crippen LogP contribution >= 0.6 is 12.2 Å². The molecule has 0 unspecified atom stereocenters. The number of benzene rings is 2. The smallest absolute Gasteiger partial charge is 0.253 e. The van der Waals surface area contributed by atoms with Gasteiger partial charge in [-0.1, -0.05) is 39.0 Å². The van der Waals surface area contributed by atoms with Gasteiger partial charge in [0.25, 0.3) is 5.56 Å². The van der Waals surface area contributed by atoms with Gasteiger partial charge in [0, 0.05) is 35.8 Å². The topological polar surface area (TPSA) is 69.8 Å². The molecule has 2 heterocycles. The van der Waals surface area contributed by atoms with Gasteiger partial charge < -0.3 is 29.6 Å². The van der Waals surface area contributed by atoms with Crippen LogP contribution in [0.15, 0.2) is 47.3 Å². The Balaban J connectivity index is 1.61. The molecule has 2 aromatic carbocycles. The molecule has 8 heteroatoms. The van der Waals surface area contributed by atoms with Gasteiger partial charge in [0.15, 0.2) is 16.6 Å². The van der Waals surface area contributed by atoms with E-state index < -0.39 is 0 Å². The fourth-order valence-corrected chi connectivity index (χ4v) is 4.58. The number of hydrogen-bond acceptors (Lipinski definition) is 5. The number of hydrogen-bond donors (Lipinski definition) is 2. The highest BCUT2D eigenvalue weighted by molar-refractivity contribution is 7.80. The molecule has 186 valence electrons. The summed E-state index contributed by atoms with van der Waals surface area (Å²) in [5.74, 6) is 1.36. The zero-order chi connectivity index (χ0) is 24.8. The van der Waals surface area contributed by atoms with Crippen molar-refractivity contribution in [2.45, 2.75) is 33.7 Å². The van der Waals surface area contributed by atoms with Crippen molar-refractivity contribution in [2.24, 2.45) is 0 Å². The number of aromatic nitrogens is 1. The van der Waals surface area contributed by atoms with Gasteiger partial charge in [-0.25, -0.2) is 0 Å². The second kappa shape index (κ2) is 11.6. The van der Waals surface area contributed by atoms with Gasteiger partial charge in [0.05, 0.1) is 12.1 Å². The lowest BCUT2D eigenvalue weighted by Crippen LogP contribution is -2.41. The van der Waals surface area contributed by atoms with Crippen molar-refractivity contribution in [2.75, 3.05) is 44.7 Å². The van der Waals surface area contributed by atoms with E-state index >= 15 is 0 Å². The second-order valence-electron chi connectivity index (χ2n) is 8.60. The SMILES string of the molecule is CCc1ccccc1NC(=S)N(CCN(CC)CC)Cc1cc2cc3c(cc2[nH]c1=O)OCCO3. The lowest BCUT2D eigenvalue weighted by atomic mass is 10.1. The Hall–Kier alpha value is -3.10. The number of para-hydroxylation sites is 1. The Morgan fingerprint density at radius 2 is 1.71 bits per heavy atom. The molecule has 0 fully saturated rings. The first-order valence-electron chi connectivity index (χ1n) is 12.3. The van der Waals surface area contributed by atoms with Crippen LogP contribution in [-0.2, 0) is 13.0 Å². The predicted octanol–water partition coefficient (Wildman–Crippen LogP) is 4.40. The number of pyridine rings is 1. The lowest BCUT2D eigenvalue weighted by Gasteiger charge is -2.29. The molecular weight excluding hydrogens is 460 g/mol. The maximum atomic E-state index is 13.0. The Morgan fingerprint density at radius 1 is 1.00 bits per heavy atom. The highest BCUT2D eigenvalue weighted by Crippen LogP contribution is 2.33. The van der Waals surface area contributed by atoms with E-state index in [1.165, 1.54) is 5.56 Å². The minimum atomic E-state index is -0.126. The summed E-state index contributed by atoms with van der Waals surface area (Å²) < 4.78 is 11.4. The van der Waals surface area contributed by atoms with Crippen LogP contribution in [-0.4, -0.2) is 59.3 Å². The predicted molar refractivity (Wildman–Crippen MR) is 146 cm³/mol. The minimum Gasteiger partial charge on any atom is -0.486 e. The van der Waals surface area contributed by atoms with Crippen molar-refractivity contribution >= 4 is 33.9 Å². The summed E-state index contributed by atoms with van der Waals surface area (Å²) in [6, 6.07) is 13.9. The molecule has 7 nitrogen and oxygen atoms in total. The summed E-state index contributed by atoms with van der Waals surface area (Å²) in [7, 11) is 0. The van der Waals surface area contributed by atoms with E-state index in [0.717, 1.165) is 42.6 Å². The van der Waals surface area contributed by atoms with Crippen LogP contribution < -0.4 is 20.3 Å². The molecule has 0 aliphatic carbocycles. The summed E-state index contributed by atoms with van der Waals surface area (Å²) in [6.07, 6.45) is 0.908. The average Bonchev–Trinajstić information content (AvgIpc) is 2.88. The van der Waals surface area contributed by atoms with E-state index in [-0.39, 0.29) is 5.56 Å². The minimum absolute atomic E-state index is 0.126. The molecule has 0 amide bonds. The lowest BCUT2D eigenvalue weighted by molar-refractivity contribution is 0.172. The summed E-state index contributed by atoms with van der Waals surface area (Å²) in [6.45, 7) is 11.4. The number of nitrogens with one attached hydrogen (secondary N) is 2. The van der Waals surface area contributed by atoms with Crippen LogP contribution in [0.3, 0.4) is 0 Å². The van der Waals surface area contributed by atoms with E-state index in [2.05, 4.69) is 46.9 Å². The monoisotopic (exact) mass is 494 g/mol. The molecule has 3 aromatic rings. The third-order valence-corrected chi connectivity index (χ3v) is 6.81. The summed E-state index contributed by atoms with van der Waals surface area (Å²) in [4.78, 5) is 20.5. The van der Waals surface area contributed by atoms with Crippen molar-refractivity contribution in [3.05, 3.63) is 63.9 Å². The Labute approximate surface area is 212 Å². The Kier molecular flexibility index (Phi) is 8.25. The number of ether oxygens (including phenoxy) is 2. The van der Waals surface area contributed by atoms with Gasteiger partial charge in [-0.15, -0.1) is 0 Å². The normalized spacial score (nSPS) is 12.7. The van der Waals surface area contributed by atoms with Crippen molar-refractivity contribution < 1.29 is 9.47 Å². The third kappa shape index (κ3) is 5.94. The van der Waals surface area contributed by atoms with E-state index in [1.807, 2.05) is 36.4 Å². The highest BCUT2D eigenvalue weighted by Gasteiger charge is 2.18. The van der Waals surface area contributed by atoms with E-state index in [9.17, 15) is 4.79 Å². The summed E-state index contributed by atoms with van der Waals surface area (Å²) >= 11 is 5.86. The quantitative estimate of drug-likeness (QED) is 0.427. The molecule has 0 saturated heterocycles. The van der Waals surface area contributed by atoms with Gasteiger partial charge in [-0.05, 0) is 55.5 Å². The number of likely N-dealkylation sites (N-methyl/N-ethyl adjacent to an activating group) is 1. The van der Waals surface area contributed by atoms with Gasteiger partial charge in [-0.2, -0.15) is 0 Å². The van der Waals surface area contributed by atoms with Crippen LogP contribution in [0, 0.1) is 0 Å². The van der Waals surface area contributed by atoms with E-state index in [0.29, 0.717) is 48.5 Å². The standard InChI is InChI=1S/C27H34N4O3S/c1-4-19-9-7-8-10-22(19)29-27(35)31(12-11-30(5-2)6-3)18-21-15-20-16-24-25(34-14-13-33-24)17-23(20)28-26(21)32/h7-10,15-17H,4-6,11-14,18H2,1-3H3,(H,28,32)(H,29,35). The number of H-pyrrole nitrogens is 1. The highest BCUT2D eigenvalue weighted by atomic mass is 32.1. The maximum absolute atomic E-state index is 13.0. The van der Waals surface area contributed by atoms with E-state index in [4.69, 9.17) is 21.7 Å². The molecule has 35 heavy (non-hydrogen) atoms. The van der Waals surface area contributed by atoms with Crippen LogP contribution in [0.1, 0.15) is 31.9 Å². The van der Waals surface area contributed by atoms with Crippen molar-refractivity contribution in [3.63, 3.8) is 0 Å². The summed E-state index contributed by atoms with van der Waals surface area (Å²) in [5.41, 5.74) is 3.47. The van der Waals surface area contributed by atoms with Crippen LogP contribution in [0.5, 0.6) is 11.5 Å². The molecule has 1 aliphatic rings. The molecular formula is C27H34N4O3S. The zero-order valence-electron chi connectivity index (χ0n) is 20.7. The molecule has 4 rings (SSSR count). The van der Waals surface area contributed by atoms with Gasteiger partial charge >= 0.3 is 0 Å². The number of thiocarbonyl (C=S) groups is 1. The first kappa shape index (κ1) is 25.0. The molecule has 2 N–H and O–H groups in total. The van der Waals surface area contributed by atoms with Crippen LogP contribution in [0.2, 0.25) is 0 Å². The second-order valence-corrected chi connectivity index (χ2v) is 8.98. The molecule has 1 aromatic heterocycles. The average molecular weight is 495 g/mol. The number of rotatable bonds is 9. The zero-order valence-corrected chi connectivity index (χ0v) is 21.5. The molecule has 0 atom stereocenters. The number of aromatic amines is 1. The molecule has 0 bridgehead atoms. The largest absolute Gasteiger partial charge is 0.486 e. The van der Waals surface area contributed by atoms with Crippen molar-refractivity contribution in [1.82, 2.24) is 14.8 Å². The Bertz CT molecular complexity index is 1240. The first-order valence-corrected chi connectivity index (χ1v) is 12.7. The van der Waals surface area contributed by atoms with E-state index in [1.54, 1.807) is 0 Å². The number of nitrogens with zero attached hydrogens (tertiary/aromatic N) is 2.